The van der Waals surface area contributed by atoms with Gasteiger partial charge in [0.15, 0.2) is 11.5 Å². The fourth-order valence-electron chi connectivity index (χ4n) is 2.50. The lowest BCUT2D eigenvalue weighted by molar-refractivity contribution is -0.137. The Balaban J connectivity index is 1.82. The van der Waals surface area contributed by atoms with Gasteiger partial charge in [-0.25, -0.2) is 4.39 Å². The summed E-state index contributed by atoms with van der Waals surface area (Å²) in [6, 6.07) is 6.37. The summed E-state index contributed by atoms with van der Waals surface area (Å²) in [7, 11) is 0. The summed E-state index contributed by atoms with van der Waals surface area (Å²) in [5, 5.41) is 9.28. The third-order valence-corrected chi connectivity index (χ3v) is 3.64. The number of furan rings is 1. The molecule has 5 nitrogen and oxygen atoms in total. The molecule has 2 heterocycles. The smallest absolute Gasteiger partial charge is 0.303 e. The Bertz CT molecular complexity index is 878. The van der Waals surface area contributed by atoms with E-state index in [0.717, 1.165) is 5.56 Å². The lowest BCUT2D eigenvalue weighted by atomic mass is 10.1. The monoisotopic (exact) mass is 315 g/mol. The van der Waals surface area contributed by atoms with Crippen LogP contribution in [0.2, 0.25) is 0 Å². The zero-order valence-electron chi connectivity index (χ0n) is 12.1. The van der Waals surface area contributed by atoms with Gasteiger partial charge in [0.1, 0.15) is 5.82 Å². The quantitative estimate of drug-likeness (QED) is 0.673. The first-order valence-corrected chi connectivity index (χ1v) is 7.16. The molecule has 0 atom stereocenters. The molecule has 0 saturated carbocycles. The van der Waals surface area contributed by atoms with Gasteiger partial charge >= 0.3 is 5.97 Å². The number of hydrogen-bond donors (Lipinski definition) is 2. The number of hydrogen-bond acceptors (Lipinski definition) is 3. The van der Waals surface area contributed by atoms with Crippen LogP contribution in [0.4, 0.5) is 4.39 Å². The van der Waals surface area contributed by atoms with Crippen LogP contribution in [0.5, 0.6) is 0 Å². The predicted molar refractivity (Wildman–Crippen MR) is 81.8 cm³/mol. The third-order valence-electron chi connectivity index (χ3n) is 3.64. The van der Waals surface area contributed by atoms with Gasteiger partial charge in [0.2, 0.25) is 0 Å². The van der Waals surface area contributed by atoms with Crippen molar-refractivity contribution in [3.05, 3.63) is 48.3 Å². The Hall–Kier alpha value is -2.89. The maximum absolute atomic E-state index is 13.7. The summed E-state index contributed by atoms with van der Waals surface area (Å²) >= 11 is 0. The molecule has 6 heteroatoms. The van der Waals surface area contributed by atoms with Crippen molar-refractivity contribution in [3.63, 3.8) is 0 Å². The van der Waals surface area contributed by atoms with Crippen LogP contribution in [0.15, 0.2) is 41.1 Å². The molecular weight excluding hydrogens is 301 g/mol. The van der Waals surface area contributed by atoms with Gasteiger partial charge in [0.25, 0.3) is 0 Å². The second-order valence-electron chi connectivity index (χ2n) is 5.23. The van der Waals surface area contributed by atoms with E-state index >= 15 is 0 Å². The van der Waals surface area contributed by atoms with Crippen LogP contribution >= 0.6 is 0 Å². The molecule has 0 unspecified atom stereocenters. The summed E-state index contributed by atoms with van der Waals surface area (Å²) in [5.41, 5.74) is 1.81. The van der Waals surface area contributed by atoms with E-state index in [0.29, 0.717) is 16.5 Å². The number of benzene rings is 1. The van der Waals surface area contributed by atoms with Gasteiger partial charge in [-0.1, -0.05) is 12.1 Å². The molecule has 2 N–H and O–H groups in total. The minimum atomic E-state index is -0.932. The van der Waals surface area contributed by atoms with Gasteiger partial charge in [0, 0.05) is 35.6 Å². The average molecular weight is 315 g/mol. The summed E-state index contributed by atoms with van der Waals surface area (Å²) in [4.78, 5) is 25.3. The van der Waals surface area contributed by atoms with Crippen molar-refractivity contribution < 1.29 is 23.5 Å². The van der Waals surface area contributed by atoms with E-state index in [-0.39, 0.29) is 36.6 Å². The van der Waals surface area contributed by atoms with Crippen molar-refractivity contribution in [1.82, 2.24) is 4.98 Å². The number of aliphatic carboxylic acids is 1. The molecule has 23 heavy (non-hydrogen) atoms. The van der Waals surface area contributed by atoms with Gasteiger partial charge in [-0.2, -0.15) is 0 Å². The van der Waals surface area contributed by atoms with Gasteiger partial charge in [0.05, 0.1) is 11.8 Å². The Morgan fingerprint density at radius 1 is 1.26 bits per heavy atom. The average Bonchev–Trinajstić information content (AvgIpc) is 3.13. The molecule has 0 amide bonds. The van der Waals surface area contributed by atoms with E-state index in [2.05, 4.69) is 4.98 Å². The molecule has 0 aliphatic rings. The maximum atomic E-state index is 13.7. The number of para-hydroxylation sites is 1. The molecule has 2 aromatic heterocycles. The van der Waals surface area contributed by atoms with Crippen molar-refractivity contribution in [2.45, 2.75) is 19.3 Å². The SMILES string of the molecule is O=C(O)CCCC(=O)c1cc(-c2c[nH]c3c(F)cccc23)co1. The first-order chi connectivity index (χ1) is 11.1. The molecule has 3 rings (SSSR count). The minimum absolute atomic E-state index is 0.0545. The molecule has 0 aliphatic heterocycles. The molecular formula is C17H14FNO4. The molecule has 1 aromatic carbocycles. The fourth-order valence-corrected chi connectivity index (χ4v) is 2.50. The highest BCUT2D eigenvalue weighted by Crippen LogP contribution is 2.31. The number of carbonyl (C=O) groups is 2. The number of rotatable bonds is 6. The van der Waals surface area contributed by atoms with Crippen LogP contribution in [-0.4, -0.2) is 21.8 Å². The van der Waals surface area contributed by atoms with Crippen LogP contribution in [0.25, 0.3) is 22.0 Å². The van der Waals surface area contributed by atoms with Crippen LogP contribution in [0, 0.1) is 5.82 Å². The Morgan fingerprint density at radius 3 is 2.87 bits per heavy atom. The van der Waals surface area contributed by atoms with Gasteiger partial charge in [-0.3, -0.25) is 9.59 Å². The number of carboxylic acid groups (broad SMARTS) is 1. The molecule has 0 saturated heterocycles. The van der Waals surface area contributed by atoms with Crippen LogP contribution < -0.4 is 0 Å². The number of carboxylic acids is 1. The number of halogens is 1. The van der Waals surface area contributed by atoms with E-state index in [4.69, 9.17) is 9.52 Å². The summed E-state index contributed by atoms with van der Waals surface area (Å²) in [5.74, 6) is -1.35. The van der Waals surface area contributed by atoms with Gasteiger partial charge in [-0.05, 0) is 18.6 Å². The van der Waals surface area contributed by atoms with Crippen molar-refractivity contribution in [1.29, 1.82) is 0 Å². The number of nitrogens with one attached hydrogen (secondary N) is 1. The highest BCUT2D eigenvalue weighted by molar-refractivity contribution is 5.99. The zero-order chi connectivity index (χ0) is 16.4. The van der Waals surface area contributed by atoms with E-state index < -0.39 is 5.97 Å². The van der Waals surface area contributed by atoms with Crippen molar-refractivity contribution in [2.24, 2.45) is 0 Å². The Labute approximate surface area is 130 Å². The first kappa shape index (κ1) is 15.0. The molecule has 0 spiro atoms. The second-order valence-corrected chi connectivity index (χ2v) is 5.23. The topological polar surface area (TPSA) is 83.3 Å². The number of ketones is 1. The van der Waals surface area contributed by atoms with Gasteiger partial charge < -0.3 is 14.5 Å². The van der Waals surface area contributed by atoms with E-state index in [1.165, 1.54) is 12.3 Å². The molecule has 0 radical (unpaired) electrons. The third kappa shape index (κ3) is 3.01. The number of aromatic amines is 1. The highest BCUT2D eigenvalue weighted by atomic mass is 19.1. The molecule has 0 bridgehead atoms. The lowest BCUT2D eigenvalue weighted by Gasteiger charge is -1.95. The lowest BCUT2D eigenvalue weighted by Crippen LogP contribution is -2.00. The Morgan fingerprint density at radius 2 is 2.09 bits per heavy atom. The van der Waals surface area contributed by atoms with Crippen molar-refractivity contribution >= 4 is 22.7 Å². The molecule has 0 aliphatic carbocycles. The largest absolute Gasteiger partial charge is 0.481 e. The number of Topliss-reactive ketones (excluding diaryl/α,β-unsaturated/α-hetero) is 1. The van der Waals surface area contributed by atoms with Crippen molar-refractivity contribution in [2.75, 3.05) is 0 Å². The van der Waals surface area contributed by atoms with E-state index in [1.807, 2.05) is 0 Å². The standard InChI is InChI=1S/C17H14FNO4/c18-13-4-1-3-11-12(8-19-17(11)13)10-7-15(23-9-10)14(20)5-2-6-16(21)22/h1,3-4,7-9,19H,2,5-6H2,(H,21,22). The summed E-state index contributed by atoms with van der Waals surface area (Å²) < 4.78 is 19.0. The van der Waals surface area contributed by atoms with Crippen LogP contribution in [0.1, 0.15) is 29.8 Å². The second kappa shape index (κ2) is 6.08. The maximum Gasteiger partial charge on any atom is 0.303 e. The van der Waals surface area contributed by atoms with Gasteiger partial charge in [-0.15, -0.1) is 0 Å². The van der Waals surface area contributed by atoms with Crippen LogP contribution in [0.3, 0.4) is 0 Å². The fraction of sp³-hybridized carbons (Fsp3) is 0.176. The number of aromatic nitrogens is 1. The zero-order valence-corrected chi connectivity index (χ0v) is 12.1. The highest BCUT2D eigenvalue weighted by Gasteiger charge is 2.15. The van der Waals surface area contributed by atoms with E-state index in [9.17, 15) is 14.0 Å². The summed E-state index contributed by atoms with van der Waals surface area (Å²) in [6.07, 6.45) is 3.43. The molecule has 3 aromatic rings. The first-order valence-electron chi connectivity index (χ1n) is 7.16. The normalized spacial score (nSPS) is 11.0. The molecule has 118 valence electrons. The summed E-state index contributed by atoms with van der Waals surface area (Å²) in [6.45, 7) is 0. The van der Waals surface area contributed by atoms with Crippen LogP contribution in [-0.2, 0) is 4.79 Å². The number of fused-ring (bicyclic) bond motifs is 1. The Kier molecular flexibility index (Phi) is 3.97. The number of H-pyrrole nitrogens is 1. The minimum Gasteiger partial charge on any atom is -0.481 e. The number of carbonyl (C=O) groups excluding carboxylic acids is 1. The molecule has 0 fully saturated rings. The predicted octanol–water partition coefficient (Wildman–Crippen LogP) is 4.00. The van der Waals surface area contributed by atoms with Crippen molar-refractivity contribution in [3.8, 4) is 11.1 Å². The van der Waals surface area contributed by atoms with E-state index in [1.54, 1.807) is 24.4 Å².